The first-order chi connectivity index (χ1) is 13.5. The molecular formula is C21H19N5O2. The van der Waals surface area contributed by atoms with Gasteiger partial charge in [-0.3, -0.25) is 10.1 Å². The van der Waals surface area contributed by atoms with E-state index in [4.69, 9.17) is 4.42 Å². The number of nitrogens with one attached hydrogen (secondary N) is 2. The number of carbonyl (C=O) groups is 1. The molecule has 2 aromatic carbocycles. The highest BCUT2D eigenvalue weighted by molar-refractivity contribution is 6.06. The number of amides is 1. The number of para-hydroxylation sites is 3. The van der Waals surface area contributed by atoms with Crippen LogP contribution in [0.25, 0.3) is 11.1 Å². The van der Waals surface area contributed by atoms with E-state index in [2.05, 4.69) is 25.6 Å². The minimum atomic E-state index is -0.238. The minimum Gasteiger partial charge on any atom is -0.423 e. The maximum absolute atomic E-state index is 12.8. The summed E-state index contributed by atoms with van der Waals surface area (Å²) in [7, 11) is 0. The molecule has 4 aromatic rings. The zero-order valence-electron chi connectivity index (χ0n) is 15.8. The quantitative estimate of drug-likeness (QED) is 0.545. The Morgan fingerprint density at radius 1 is 0.893 bits per heavy atom. The third-order valence-corrected chi connectivity index (χ3v) is 4.40. The molecule has 4 rings (SSSR count). The van der Waals surface area contributed by atoms with E-state index in [1.165, 1.54) is 0 Å². The molecule has 2 aromatic heterocycles. The lowest BCUT2D eigenvalue weighted by atomic mass is 10.1. The molecule has 0 saturated carbocycles. The molecule has 0 aliphatic carbocycles. The third kappa shape index (κ3) is 3.42. The van der Waals surface area contributed by atoms with Crippen LogP contribution in [0.2, 0.25) is 0 Å². The van der Waals surface area contributed by atoms with Gasteiger partial charge in [-0.05, 0) is 44.5 Å². The number of carbonyl (C=O) groups excluding carboxylic acids is 1. The van der Waals surface area contributed by atoms with E-state index in [9.17, 15) is 4.79 Å². The van der Waals surface area contributed by atoms with Gasteiger partial charge >= 0.3 is 6.01 Å². The van der Waals surface area contributed by atoms with Gasteiger partial charge in [0, 0.05) is 5.69 Å². The van der Waals surface area contributed by atoms with Crippen LogP contribution in [0.1, 0.15) is 27.3 Å². The zero-order valence-corrected chi connectivity index (χ0v) is 15.8. The van der Waals surface area contributed by atoms with Crippen LogP contribution in [0.5, 0.6) is 0 Å². The Labute approximate surface area is 161 Å². The Bertz CT molecular complexity index is 1130. The summed E-state index contributed by atoms with van der Waals surface area (Å²) >= 11 is 0. The van der Waals surface area contributed by atoms with Gasteiger partial charge in [0.2, 0.25) is 5.95 Å². The first-order valence-electron chi connectivity index (χ1n) is 8.86. The van der Waals surface area contributed by atoms with Crippen molar-refractivity contribution in [2.75, 3.05) is 10.6 Å². The van der Waals surface area contributed by atoms with Crippen molar-refractivity contribution in [2.24, 2.45) is 0 Å². The Kier molecular flexibility index (Phi) is 4.49. The maximum Gasteiger partial charge on any atom is 0.302 e. The number of rotatable bonds is 4. The number of hydrogen-bond acceptors (Lipinski definition) is 6. The number of fused-ring (bicyclic) bond motifs is 1. The topological polar surface area (TPSA) is 92.9 Å². The molecule has 0 aliphatic heterocycles. The molecule has 2 N–H and O–H groups in total. The van der Waals surface area contributed by atoms with Crippen LogP contribution in [-0.2, 0) is 0 Å². The monoisotopic (exact) mass is 373 g/mol. The Morgan fingerprint density at radius 2 is 1.57 bits per heavy atom. The first-order valence-corrected chi connectivity index (χ1v) is 8.86. The van der Waals surface area contributed by atoms with Crippen molar-refractivity contribution in [3.8, 4) is 0 Å². The van der Waals surface area contributed by atoms with Gasteiger partial charge in [-0.15, -0.1) is 0 Å². The summed E-state index contributed by atoms with van der Waals surface area (Å²) < 4.78 is 5.64. The van der Waals surface area contributed by atoms with E-state index >= 15 is 0 Å². The number of aryl methyl sites for hydroxylation is 3. The van der Waals surface area contributed by atoms with Gasteiger partial charge in [0.15, 0.2) is 5.58 Å². The first kappa shape index (κ1) is 17.7. The van der Waals surface area contributed by atoms with Crippen LogP contribution in [0.4, 0.5) is 17.7 Å². The van der Waals surface area contributed by atoms with E-state index in [0.29, 0.717) is 34.5 Å². The molecule has 0 unspecified atom stereocenters. The summed E-state index contributed by atoms with van der Waals surface area (Å²) in [6.07, 6.45) is 0. The smallest absolute Gasteiger partial charge is 0.302 e. The predicted molar refractivity (Wildman–Crippen MR) is 108 cm³/mol. The molecule has 0 atom stereocenters. The van der Waals surface area contributed by atoms with Gasteiger partial charge in [0.25, 0.3) is 5.91 Å². The van der Waals surface area contributed by atoms with Crippen molar-refractivity contribution >= 4 is 34.7 Å². The summed E-state index contributed by atoms with van der Waals surface area (Å²) in [5.41, 5.74) is 4.75. The summed E-state index contributed by atoms with van der Waals surface area (Å²) in [5.74, 6) is 0.0895. The summed E-state index contributed by atoms with van der Waals surface area (Å²) in [6, 6.07) is 15.4. The maximum atomic E-state index is 12.8. The second-order valence-electron chi connectivity index (χ2n) is 6.47. The van der Waals surface area contributed by atoms with Gasteiger partial charge in [-0.25, -0.2) is 9.97 Å². The fraction of sp³-hybridized carbons (Fsp3) is 0.143. The Balaban J connectivity index is 1.59. The number of aromatic nitrogens is 3. The van der Waals surface area contributed by atoms with Gasteiger partial charge in [-0.1, -0.05) is 30.3 Å². The number of benzene rings is 2. The molecule has 0 spiro atoms. The zero-order chi connectivity index (χ0) is 19.7. The molecule has 0 saturated heterocycles. The lowest BCUT2D eigenvalue weighted by Gasteiger charge is -2.12. The van der Waals surface area contributed by atoms with Crippen molar-refractivity contribution in [2.45, 2.75) is 20.8 Å². The highest BCUT2D eigenvalue weighted by atomic mass is 16.4. The van der Waals surface area contributed by atoms with Crippen LogP contribution in [0.3, 0.4) is 0 Å². The van der Waals surface area contributed by atoms with Gasteiger partial charge in [0.1, 0.15) is 5.52 Å². The van der Waals surface area contributed by atoms with E-state index in [1.807, 2.05) is 55.5 Å². The molecule has 0 aliphatic rings. The Hall–Kier alpha value is -3.74. The minimum absolute atomic E-state index is 0.238. The number of oxazole rings is 1. The third-order valence-electron chi connectivity index (χ3n) is 4.40. The molecule has 0 fully saturated rings. The van der Waals surface area contributed by atoms with Crippen molar-refractivity contribution in [1.82, 2.24) is 15.0 Å². The van der Waals surface area contributed by atoms with Gasteiger partial charge < -0.3 is 9.73 Å². The van der Waals surface area contributed by atoms with Crippen LogP contribution in [0, 0.1) is 20.8 Å². The molecule has 28 heavy (non-hydrogen) atoms. The van der Waals surface area contributed by atoms with E-state index in [0.717, 1.165) is 16.8 Å². The number of nitrogens with zero attached hydrogens (tertiary/aromatic N) is 3. The number of anilines is 3. The van der Waals surface area contributed by atoms with Crippen molar-refractivity contribution in [3.63, 3.8) is 0 Å². The molecule has 2 heterocycles. The highest BCUT2D eigenvalue weighted by Crippen LogP contribution is 2.22. The summed E-state index contributed by atoms with van der Waals surface area (Å²) in [6.45, 7) is 5.50. The van der Waals surface area contributed by atoms with E-state index in [1.54, 1.807) is 13.8 Å². The van der Waals surface area contributed by atoms with E-state index in [-0.39, 0.29) is 5.91 Å². The molecule has 1 amide bonds. The second kappa shape index (κ2) is 7.11. The van der Waals surface area contributed by atoms with Crippen molar-refractivity contribution in [3.05, 3.63) is 71.0 Å². The molecule has 0 bridgehead atoms. The van der Waals surface area contributed by atoms with Crippen LogP contribution >= 0.6 is 0 Å². The predicted octanol–water partition coefficient (Wildman–Crippen LogP) is 4.54. The standard InChI is InChI=1S/C21H19N5O2/c1-12-8-4-5-9-15(12)24-19(27)18-13(2)22-20(23-14(18)3)26-21-25-16-10-6-7-11-17(16)28-21/h4-11H,1-3H3,(H,24,27)(H,22,23,25,26). The van der Waals surface area contributed by atoms with E-state index < -0.39 is 0 Å². The van der Waals surface area contributed by atoms with Gasteiger partial charge in [-0.2, -0.15) is 4.98 Å². The molecular weight excluding hydrogens is 354 g/mol. The lowest BCUT2D eigenvalue weighted by molar-refractivity contribution is 0.102. The largest absolute Gasteiger partial charge is 0.423 e. The van der Waals surface area contributed by atoms with Crippen LogP contribution < -0.4 is 10.6 Å². The molecule has 0 radical (unpaired) electrons. The molecule has 7 nitrogen and oxygen atoms in total. The normalized spacial score (nSPS) is 10.8. The average Bonchev–Trinajstić information content (AvgIpc) is 3.05. The highest BCUT2D eigenvalue weighted by Gasteiger charge is 2.18. The van der Waals surface area contributed by atoms with Crippen LogP contribution in [-0.4, -0.2) is 20.9 Å². The lowest BCUT2D eigenvalue weighted by Crippen LogP contribution is -2.18. The average molecular weight is 373 g/mol. The second-order valence-corrected chi connectivity index (χ2v) is 6.47. The number of hydrogen-bond donors (Lipinski definition) is 2. The SMILES string of the molecule is Cc1ccccc1NC(=O)c1c(C)nc(Nc2nc3ccccc3o2)nc1C. The van der Waals surface area contributed by atoms with Gasteiger partial charge in [0.05, 0.1) is 17.0 Å². The fourth-order valence-corrected chi connectivity index (χ4v) is 3.02. The summed E-state index contributed by atoms with van der Waals surface area (Å²) in [4.78, 5) is 25.9. The molecule has 7 heteroatoms. The van der Waals surface area contributed by atoms with Crippen molar-refractivity contribution < 1.29 is 9.21 Å². The fourth-order valence-electron chi connectivity index (χ4n) is 3.02. The summed E-state index contributed by atoms with van der Waals surface area (Å²) in [5, 5.41) is 5.89. The van der Waals surface area contributed by atoms with Crippen LogP contribution in [0.15, 0.2) is 52.9 Å². The van der Waals surface area contributed by atoms with Crippen molar-refractivity contribution in [1.29, 1.82) is 0 Å². The molecule has 140 valence electrons. The Morgan fingerprint density at radius 3 is 2.29 bits per heavy atom.